The number of aromatic nitrogens is 1. The van der Waals surface area contributed by atoms with E-state index in [-0.39, 0.29) is 10.9 Å². The molecule has 1 amide bonds. The van der Waals surface area contributed by atoms with Crippen molar-refractivity contribution in [3.8, 4) is 0 Å². The zero-order valence-corrected chi connectivity index (χ0v) is 9.81. The van der Waals surface area contributed by atoms with Gasteiger partial charge in [-0.05, 0) is 12.5 Å². The molecule has 0 radical (unpaired) electrons. The average Bonchev–Trinajstić information content (AvgIpc) is 2.75. The number of anilines is 1. The number of β-amino-alcohol motifs (C(OH)–C–C–N with tert-alkyl or cyclic N) is 1. The van der Waals surface area contributed by atoms with Gasteiger partial charge in [-0.25, -0.2) is 10.8 Å². The standard InChI is InChI=1S/C10H13ClN4O2/c11-8-3-6(4-13-9(8)14-12)10(17)15-2-1-7(16)5-15/h3-4,7,16H,1-2,5,12H2,(H,13,14). The first kappa shape index (κ1) is 12.1. The van der Waals surface area contributed by atoms with E-state index in [4.69, 9.17) is 17.4 Å². The number of nitrogens with one attached hydrogen (secondary N) is 1. The number of nitrogen functional groups attached to an aromatic ring is 1. The molecule has 1 aliphatic heterocycles. The van der Waals surface area contributed by atoms with Crippen LogP contribution in [0.1, 0.15) is 16.8 Å². The highest BCUT2D eigenvalue weighted by Gasteiger charge is 2.25. The number of carbonyl (C=O) groups excluding carboxylic acids is 1. The van der Waals surface area contributed by atoms with Crippen LogP contribution in [0.3, 0.4) is 0 Å². The third-order valence-corrected chi connectivity index (χ3v) is 2.96. The lowest BCUT2D eigenvalue weighted by molar-refractivity contribution is 0.0764. The molecule has 0 bridgehead atoms. The van der Waals surface area contributed by atoms with Crippen LogP contribution in [0.5, 0.6) is 0 Å². The molecule has 1 unspecified atom stereocenters. The van der Waals surface area contributed by atoms with Crippen LogP contribution in [0.4, 0.5) is 5.82 Å². The molecule has 1 aromatic rings. The van der Waals surface area contributed by atoms with Crippen molar-refractivity contribution < 1.29 is 9.90 Å². The van der Waals surface area contributed by atoms with Crippen LogP contribution >= 0.6 is 11.6 Å². The number of carbonyl (C=O) groups is 1. The number of likely N-dealkylation sites (tertiary alicyclic amines) is 1. The molecular formula is C10H13ClN4O2. The Kier molecular flexibility index (Phi) is 3.46. The van der Waals surface area contributed by atoms with Crippen molar-refractivity contribution in [2.24, 2.45) is 5.84 Å². The summed E-state index contributed by atoms with van der Waals surface area (Å²) in [7, 11) is 0. The molecule has 2 heterocycles. The Morgan fingerprint density at radius 1 is 1.71 bits per heavy atom. The highest BCUT2D eigenvalue weighted by atomic mass is 35.5. The number of rotatable bonds is 2. The summed E-state index contributed by atoms with van der Waals surface area (Å²) < 4.78 is 0. The lowest BCUT2D eigenvalue weighted by atomic mass is 10.2. The van der Waals surface area contributed by atoms with Gasteiger partial charge in [0.05, 0.1) is 16.7 Å². The van der Waals surface area contributed by atoms with E-state index < -0.39 is 6.10 Å². The largest absolute Gasteiger partial charge is 0.391 e. The van der Waals surface area contributed by atoms with Crippen LogP contribution < -0.4 is 11.3 Å². The monoisotopic (exact) mass is 256 g/mol. The Balaban J connectivity index is 2.17. The van der Waals surface area contributed by atoms with Gasteiger partial charge in [0.1, 0.15) is 0 Å². The van der Waals surface area contributed by atoms with Gasteiger partial charge in [0.15, 0.2) is 5.82 Å². The van der Waals surface area contributed by atoms with E-state index in [1.807, 2.05) is 0 Å². The number of hydrazine groups is 1. The lowest BCUT2D eigenvalue weighted by Gasteiger charge is -2.15. The molecule has 1 fully saturated rings. The Morgan fingerprint density at radius 2 is 2.47 bits per heavy atom. The second-order valence-electron chi connectivity index (χ2n) is 3.89. The minimum absolute atomic E-state index is 0.181. The number of aliphatic hydroxyl groups excluding tert-OH is 1. The van der Waals surface area contributed by atoms with Gasteiger partial charge in [0.25, 0.3) is 5.91 Å². The number of nitrogens with two attached hydrogens (primary N) is 1. The van der Waals surface area contributed by atoms with Gasteiger partial charge >= 0.3 is 0 Å². The quantitative estimate of drug-likeness (QED) is 0.520. The summed E-state index contributed by atoms with van der Waals surface area (Å²) in [5, 5.41) is 9.66. The van der Waals surface area contributed by atoms with E-state index in [0.29, 0.717) is 30.9 Å². The second kappa shape index (κ2) is 4.87. The summed E-state index contributed by atoms with van der Waals surface area (Å²) in [5.41, 5.74) is 2.72. The minimum atomic E-state index is -0.438. The molecular weight excluding hydrogens is 244 g/mol. The Labute approximate surface area is 103 Å². The maximum atomic E-state index is 12.0. The molecule has 1 aliphatic rings. The maximum absolute atomic E-state index is 12.0. The SMILES string of the molecule is NNc1ncc(C(=O)N2CCC(O)C2)cc1Cl. The zero-order valence-electron chi connectivity index (χ0n) is 9.06. The third-order valence-electron chi connectivity index (χ3n) is 2.68. The summed E-state index contributed by atoms with van der Waals surface area (Å²) in [5.74, 6) is 5.33. The smallest absolute Gasteiger partial charge is 0.255 e. The van der Waals surface area contributed by atoms with Crippen molar-refractivity contribution in [2.75, 3.05) is 18.5 Å². The van der Waals surface area contributed by atoms with E-state index in [1.54, 1.807) is 4.90 Å². The average molecular weight is 257 g/mol. The van der Waals surface area contributed by atoms with Crippen LogP contribution in [0.2, 0.25) is 5.02 Å². The molecule has 92 valence electrons. The van der Waals surface area contributed by atoms with Crippen LogP contribution in [0.15, 0.2) is 12.3 Å². The van der Waals surface area contributed by atoms with Crippen molar-refractivity contribution in [3.63, 3.8) is 0 Å². The molecule has 7 heteroatoms. The zero-order chi connectivity index (χ0) is 12.4. The normalized spacial score (nSPS) is 19.5. The predicted octanol–water partition coefficient (Wildman–Crippen LogP) is 0.227. The van der Waals surface area contributed by atoms with E-state index in [2.05, 4.69) is 10.4 Å². The van der Waals surface area contributed by atoms with Crippen molar-refractivity contribution >= 4 is 23.3 Å². The fourth-order valence-corrected chi connectivity index (χ4v) is 1.99. The van der Waals surface area contributed by atoms with Crippen molar-refractivity contribution in [3.05, 3.63) is 22.8 Å². The number of amides is 1. The molecule has 6 nitrogen and oxygen atoms in total. The van der Waals surface area contributed by atoms with Gasteiger partial charge in [-0.2, -0.15) is 0 Å². The highest BCUT2D eigenvalue weighted by Crippen LogP contribution is 2.21. The topological polar surface area (TPSA) is 91.5 Å². The minimum Gasteiger partial charge on any atom is -0.391 e. The number of pyridine rings is 1. The molecule has 1 saturated heterocycles. The van der Waals surface area contributed by atoms with Gasteiger partial charge in [-0.3, -0.25) is 4.79 Å². The van der Waals surface area contributed by atoms with Gasteiger partial charge < -0.3 is 15.4 Å². The van der Waals surface area contributed by atoms with Crippen molar-refractivity contribution in [1.82, 2.24) is 9.88 Å². The van der Waals surface area contributed by atoms with Crippen LogP contribution in [-0.4, -0.2) is 40.1 Å². The molecule has 1 atom stereocenters. The number of hydrogen-bond donors (Lipinski definition) is 3. The lowest BCUT2D eigenvalue weighted by Crippen LogP contribution is -2.29. The summed E-state index contributed by atoms with van der Waals surface area (Å²) in [6.07, 6.45) is 1.58. The predicted molar refractivity (Wildman–Crippen MR) is 63.6 cm³/mol. The molecule has 1 aromatic heterocycles. The summed E-state index contributed by atoms with van der Waals surface area (Å²) in [6, 6.07) is 1.51. The Bertz CT molecular complexity index is 440. The first-order valence-electron chi connectivity index (χ1n) is 5.21. The van der Waals surface area contributed by atoms with Gasteiger partial charge in [0, 0.05) is 19.3 Å². The molecule has 0 saturated carbocycles. The summed E-state index contributed by atoms with van der Waals surface area (Å²) in [4.78, 5) is 17.5. The van der Waals surface area contributed by atoms with Crippen LogP contribution in [-0.2, 0) is 0 Å². The number of hydrogen-bond acceptors (Lipinski definition) is 5. The molecule has 0 aliphatic carbocycles. The molecule has 0 aromatic carbocycles. The molecule has 2 rings (SSSR count). The molecule has 17 heavy (non-hydrogen) atoms. The van der Waals surface area contributed by atoms with Crippen LogP contribution in [0.25, 0.3) is 0 Å². The van der Waals surface area contributed by atoms with Gasteiger partial charge in [-0.1, -0.05) is 11.6 Å². The third kappa shape index (κ3) is 2.49. The van der Waals surface area contributed by atoms with Gasteiger partial charge in [0.2, 0.25) is 0 Å². The summed E-state index contributed by atoms with van der Waals surface area (Å²) in [6.45, 7) is 0.905. The van der Waals surface area contributed by atoms with E-state index in [1.165, 1.54) is 12.3 Å². The Hall–Kier alpha value is -1.37. The first-order chi connectivity index (χ1) is 8.11. The highest BCUT2D eigenvalue weighted by molar-refractivity contribution is 6.33. The van der Waals surface area contributed by atoms with Crippen molar-refractivity contribution in [2.45, 2.75) is 12.5 Å². The fraction of sp³-hybridized carbons (Fsp3) is 0.400. The number of halogens is 1. The van der Waals surface area contributed by atoms with Crippen molar-refractivity contribution in [1.29, 1.82) is 0 Å². The van der Waals surface area contributed by atoms with Gasteiger partial charge in [-0.15, -0.1) is 0 Å². The number of nitrogens with zero attached hydrogens (tertiary/aromatic N) is 2. The summed E-state index contributed by atoms with van der Waals surface area (Å²) >= 11 is 5.88. The van der Waals surface area contributed by atoms with E-state index in [9.17, 15) is 9.90 Å². The van der Waals surface area contributed by atoms with E-state index >= 15 is 0 Å². The number of aliphatic hydroxyl groups is 1. The first-order valence-corrected chi connectivity index (χ1v) is 5.59. The van der Waals surface area contributed by atoms with Crippen LogP contribution in [0, 0.1) is 0 Å². The second-order valence-corrected chi connectivity index (χ2v) is 4.30. The van der Waals surface area contributed by atoms with E-state index in [0.717, 1.165) is 0 Å². The maximum Gasteiger partial charge on any atom is 0.255 e. The Morgan fingerprint density at radius 3 is 3.00 bits per heavy atom. The molecule has 4 N–H and O–H groups in total. The molecule has 0 spiro atoms. The fourth-order valence-electron chi connectivity index (χ4n) is 1.77.